The van der Waals surface area contributed by atoms with Crippen LogP contribution in [0.5, 0.6) is 0 Å². The fourth-order valence-corrected chi connectivity index (χ4v) is 5.17. The van der Waals surface area contributed by atoms with Crippen molar-refractivity contribution in [1.29, 1.82) is 0 Å². The van der Waals surface area contributed by atoms with Gasteiger partial charge in [0.25, 0.3) is 0 Å². The van der Waals surface area contributed by atoms with Crippen molar-refractivity contribution < 1.29 is 22.4 Å². The van der Waals surface area contributed by atoms with Crippen LogP contribution in [0.1, 0.15) is 25.3 Å². The van der Waals surface area contributed by atoms with Gasteiger partial charge in [-0.1, -0.05) is 12.1 Å². The van der Waals surface area contributed by atoms with E-state index in [0.717, 1.165) is 4.90 Å². The van der Waals surface area contributed by atoms with E-state index in [9.17, 15) is 22.4 Å². The van der Waals surface area contributed by atoms with Gasteiger partial charge in [-0.25, -0.2) is 12.8 Å². The van der Waals surface area contributed by atoms with E-state index in [-0.39, 0.29) is 29.6 Å². The minimum Gasteiger partial charge on any atom is -0.352 e. The molecule has 0 saturated carbocycles. The number of thioether (sulfide) groups is 1. The second-order valence-corrected chi connectivity index (χ2v) is 10.3. The number of rotatable bonds is 6. The molecule has 0 saturated heterocycles. The van der Waals surface area contributed by atoms with Gasteiger partial charge in [0.2, 0.25) is 11.8 Å². The van der Waals surface area contributed by atoms with Crippen molar-refractivity contribution in [3.05, 3.63) is 53.8 Å². The number of nitrogens with one attached hydrogen (secondary N) is 2. The summed E-state index contributed by atoms with van der Waals surface area (Å²) < 4.78 is 38.7. The van der Waals surface area contributed by atoms with E-state index < -0.39 is 21.0 Å². The molecule has 9 heteroatoms. The summed E-state index contributed by atoms with van der Waals surface area (Å²) in [5.74, 6) is -0.298. The van der Waals surface area contributed by atoms with Crippen LogP contribution in [0.15, 0.2) is 52.3 Å². The molecule has 154 valence electrons. The van der Waals surface area contributed by atoms with Gasteiger partial charge in [-0.2, -0.15) is 0 Å². The first-order valence-corrected chi connectivity index (χ1v) is 11.6. The summed E-state index contributed by atoms with van der Waals surface area (Å²) >= 11 is 1.49. The monoisotopic (exact) mass is 436 g/mol. The zero-order valence-corrected chi connectivity index (χ0v) is 17.4. The highest BCUT2D eigenvalue weighted by atomic mass is 32.2. The van der Waals surface area contributed by atoms with Crippen molar-refractivity contribution in [3.63, 3.8) is 0 Å². The van der Waals surface area contributed by atoms with Crippen molar-refractivity contribution in [2.45, 2.75) is 41.4 Å². The first-order chi connectivity index (χ1) is 13.8. The quantitative estimate of drug-likeness (QED) is 0.726. The Morgan fingerprint density at radius 2 is 1.97 bits per heavy atom. The standard InChI is InChI=1S/C20H21FN2O4S2/c1-13(10-20(25)22-12-14-2-4-15(21)5-3-14)29(26,27)16-6-7-18-17(11-16)23-19(24)8-9-28-18/h2-7,11,13H,8-10,12H2,1H3,(H,22,25)(H,23,24)/t13-/m0/s1. The van der Waals surface area contributed by atoms with Crippen LogP contribution in [0.25, 0.3) is 0 Å². The van der Waals surface area contributed by atoms with Crippen LogP contribution in [0, 0.1) is 5.82 Å². The molecule has 29 heavy (non-hydrogen) atoms. The van der Waals surface area contributed by atoms with Crippen LogP contribution < -0.4 is 10.6 Å². The summed E-state index contributed by atoms with van der Waals surface area (Å²) in [6.45, 7) is 1.67. The molecule has 2 N–H and O–H groups in total. The largest absolute Gasteiger partial charge is 0.352 e. The van der Waals surface area contributed by atoms with Crippen molar-refractivity contribution in [2.75, 3.05) is 11.1 Å². The molecule has 0 bridgehead atoms. The Morgan fingerprint density at radius 3 is 2.69 bits per heavy atom. The molecule has 1 heterocycles. The highest BCUT2D eigenvalue weighted by Gasteiger charge is 2.27. The van der Waals surface area contributed by atoms with Gasteiger partial charge in [0.05, 0.1) is 15.8 Å². The van der Waals surface area contributed by atoms with Gasteiger partial charge in [-0.3, -0.25) is 9.59 Å². The maximum absolute atomic E-state index is 12.9. The zero-order chi connectivity index (χ0) is 21.0. The van der Waals surface area contributed by atoms with E-state index in [1.807, 2.05) is 0 Å². The predicted octanol–water partition coefficient (Wildman–Crippen LogP) is 3.13. The zero-order valence-electron chi connectivity index (χ0n) is 15.8. The number of halogens is 1. The van der Waals surface area contributed by atoms with Gasteiger partial charge >= 0.3 is 0 Å². The summed E-state index contributed by atoms with van der Waals surface area (Å²) in [7, 11) is -3.76. The van der Waals surface area contributed by atoms with Crippen LogP contribution in [-0.4, -0.2) is 31.2 Å². The maximum Gasteiger partial charge on any atom is 0.225 e. The molecule has 6 nitrogen and oxygen atoms in total. The Bertz CT molecular complexity index is 1020. The normalized spacial score (nSPS) is 15.0. The molecule has 1 atom stereocenters. The lowest BCUT2D eigenvalue weighted by molar-refractivity contribution is -0.121. The Labute approximate surface area is 173 Å². The van der Waals surface area contributed by atoms with E-state index >= 15 is 0 Å². The molecular weight excluding hydrogens is 415 g/mol. The molecule has 3 rings (SSSR count). The Balaban J connectivity index is 1.66. The van der Waals surface area contributed by atoms with Gasteiger partial charge in [0.1, 0.15) is 5.82 Å². The lowest BCUT2D eigenvalue weighted by atomic mass is 10.2. The van der Waals surface area contributed by atoms with Crippen LogP contribution in [0.4, 0.5) is 10.1 Å². The summed E-state index contributed by atoms with van der Waals surface area (Å²) in [4.78, 5) is 24.8. The number of benzene rings is 2. The number of amides is 2. The highest BCUT2D eigenvalue weighted by molar-refractivity contribution is 7.99. The van der Waals surface area contributed by atoms with E-state index in [2.05, 4.69) is 10.6 Å². The smallest absolute Gasteiger partial charge is 0.225 e. The van der Waals surface area contributed by atoms with E-state index in [1.165, 1.54) is 43.0 Å². The first-order valence-electron chi connectivity index (χ1n) is 9.07. The average Bonchev–Trinajstić information content (AvgIpc) is 2.87. The predicted molar refractivity (Wildman–Crippen MR) is 110 cm³/mol. The van der Waals surface area contributed by atoms with Crippen molar-refractivity contribution >= 4 is 39.1 Å². The molecule has 0 aliphatic carbocycles. The summed E-state index contributed by atoms with van der Waals surface area (Å²) in [5.41, 5.74) is 1.20. The van der Waals surface area contributed by atoms with Gasteiger partial charge in [-0.15, -0.1) is 11.8 Å². The van der Waals surface area contributed by atoms with Crippen LogP contribution in [0.3, 0.4) is 0 Å². The lowest BCUT2D eigenvalue weighted by Gasteiger charge is -2.15. The summed E-state index contributed by atoms with van der Waals surface area (Å²) in [6, 6.07) is 10.3. The van der Waals surface area contributed by atoms with Gasteiger partial charge in [-0.05, 0) is 42.8 Å². The van der Waals surface area contributed by atoms with Gasteiger partial charge in [0.15, 0.2) is 9.84 Å². The van der Waals surface area contributed by atoms with E-state index in [0.29, 0.717) is 23.4 Å². The van der Waals surface area contributed by atoms with Crippen LogP contribution in [-0.2, 0) is 26.0 Å². The Hall–Kier alpha value is -2.39. The molecule has 2 amide bonds. The third kappa shape index (κ3) is 5.36. The summed E-state index contributed by atoms with van der Waals surface area (Å²) in [6.07, 6.45) is 0.160. The number of hydrogen-bond acceptors (Lipinski definition) is 5. The van der Waals surface area contributed by atoms with E-state index in [1.54, 1.807) is 18.2 Å². The number of anilines is 1. The molecule has 0 aromatic heterocycles. The number of carbonyl (C=O) groups is 2. The van der Waals surface area contributed by atoms with Crippen molar-refractivity contribution in [2.24, 2.45) is 0 Å². The fraction of sp³-hybridized carbons (Fsp3) is 0.300. The van der Waals surface area contributed by atoms with Crippen LogP contribution >= 0.6 is 11.8 Å². The number of fused-ring (bicyclic) bond motifs is 1. The molecule has 2 aromatic carbocycles. The lowest BCUT2D eigenvalue weighted by Crippen LogP contribution is -2.29. The molecule has 0 spiro atoms. The highest BCUT2D eigenvalue weighted by Crippen LogP contribution is 2.33. The SMILES string of the molecule is C[C@@H](CC(=O)NCc1ccc(F)cc1)S(=O)(=O)c1ccc2c(c1)NC(=O)CCS2. The van der Waals surface area contributed by atoms with E-state index in [4.69, 9.17) is 0 Å². The minimum atomic E-state index is -3.76. The van der Waals surface area contributed by atoms with Crippen molar-refractivity contribution in [3.8, 4) is 0 Å². The first kappa shape index (κ1) is 21.3. The Morgan fingerprint density at radius 1 is 1.24 bits per heavy atom. The minimum absolute atomic E-state index is 0.0675. The Kier molecular flexibility index (Phi) is 6.59. The second-order valence-electron chi connectivity index (χ2n) is 6.77. The van der Waals surface area contributed by atoms with Gasteiger partial charge in [0, 0.05) is 30.0 Å². The fourth-order valence-electron chi connectivity index (χ4n) is 2.85. The van der Waals surface area contributed by atoms with Crippen molar-refractivity contribution in [1.82, 2.24) is 5.32 Å². The molecule has 2 aromatic rings. The second kappa shape index (κ2) is 8.96. The molecule has 1 aliphatic heterocycles. The third-order valence-corrected chi connectivity index (χ3v) is 7.76. The molecular formula is C20H21FN2O4S2. The molecule has 0 fully saturated rings. The number of carbonyl (C=O) groups excluding carboxylic acids is 2. The molecule has 0 unspecified atom stereocenters. The third-order valence-electron chi connectivity index (χ3n) is 4.55. The number of hydrogen-bond donors (Lipinski definition) is 2. The maximum atomic E-state index is 12.9. The average molecular weight is 437 g/mol. The van der Waals surface area contributed by atoms with Crippen LogP contribution in [0.2, 0.25) is 0 Å². The summed E-state index contributed by atoms with van der Waals surface area (Å²) in [5, 5.41) is 4.44. The topological polar surface area (TPSA) is 92.3 Å². The van der Waals surface area contributed by atoms with Gasteiger partial charge < -0.3 is 10.6 Å². The number of sulfone groups is 1. The molecule has 1 aliphatic rings. The molecule has 0 radical (unpaired) electrons.